The monoisotopic (exact) mass is 472 g/mol. The minimum absolute atomic E-state index is 0.0141. The second-order valence-electron chi connectivity index (χ2n) is 8.47. The van der Waals surface area contributed by atoms with E-state index in [1.165, 1.54) is 16.8 Å². The lowest BCUT2D eigenvalue weighted by Crippen LogP contribution is -2.49. The van der Waals surface area contributed by atoms with Crippen LogP contribution in [0.25, 0.3) is 10.6 Å². The van der Waals surface area contributed by atoms with Gasteiger partial charge in [-0.05, 0) is 30.9 Å². The summed E-state index contributed by atoms with van der Waals surface area (Å²) in [4.78, 5) is 27.8. The lowest BCUT2D eigenvalue weighted by atomic mass is 10.1. The van der Waals surface area contributed by atoms with Crippen LogP contribution in [0.3, 0.4) is 0 Å². The van der Waals surface area contributed by atoms with Crippen LogP contribution in [-0.2, 0) is 17.7 Å². The standard InChI is InChI=1S/C22H18F2N4O4S/c23-11-5-4-10(13(24)7-11)6-16-25-26-21(33-16)12-8-27-9-17-28(14-2-1-3-15(14)32-17)22(31)18(27)20(30)19(12)29/h4-5,7-8,14-15,17,30H,1-3,6,9H2/t14-,15+,17+/m0/s1. The van der Waals surface area contributed by atoms with Crippen LogP contribution < -0.4 is 5.43 Å². The average Bonchev–Trinajstić information content (AvgIpc) is 3.48. The Kier molecular flexibility index (Phi) is 4.59. The van der Waals surface area contributed by atoms with Crippen molar-refractivity contribution in [2.24, 2.45) is 0 Å². The van der Waals surface area contributed by atoms with Crippen LogP contribution in [0.4, 0.5) is 8.78 Å². The predicted octanol–water partition coefficient (Wildman–Crippen LogP) is 2.67. The molecular weight excluding hydrogens is 454 g/mol. The smallest absolute Gasteiger partial charge is 0.276 e. The van der Waals surface area contributed by atoms with Gasteiger partial charge in [-0.15, -0.1) is 10.2 Å². The van der Waals surface area contributed by atoms with Gasteiger partial charge in [-0.3, -0.25) is 9.59 Å². The van der Waals surface area contributed by atoms with Gasteiger partial charge in [-0.25, -0.2) is 8.78 Å². The maximum absolute atomic E-state index is 14.0. The summed E-state index contributed by atoms with van der Waals surface area (Å²) in [5, 5.41) is 19.4. The largest absolute Gasteiger partial charge is 0.503 e. The number of aromatic hydroxyl groups is 1. The van der Waals surface area contributed by atoms with Gasteiger partial charge in [0.15, 0.2) is 22.7 Å². The number of rotatable bonds is 3. The first-order chi connectivity index (χ1) is 15.9. The number of benzene rings is 1. The molecule has 33 heavy (non-hydrogen) atoms. The number of nitrogens with zero attached hydrogens (tertiary/aromatic N) is 4. The summed E-state index contributed by atoms with van der Waals surface area (Å²) in [7, 11) is 0. The number of carbonyl (C=O) groups excluding carboxylic acids is 1. The van der Waals surface area contributed by atoms with E-state index in [1.807, 2.05) is 0 Å². The van der Waals surface area contributed by atoms with Crippen LogP contribution in [0.5, 0.6) is 5.75 Å². The number of pyridine rings is 1. The molecule has 1 saturated carbocycles. The highest BCUT2D eigenvalue weighted by atomic mass is 32.1. The molecule has 3 aliphatic rings. The van der Waals surface area contributed by atoms with Crippen molar-refractivity contribution in [1.29, 1.82) is 0 Å². The quantitative estimate of drug-likeness (QED) is 0.630. The Morgan fingerprint density at radius 1 is 1.21 bits per heavy atom. The van der Waals surface area contributed by atoms with E-state index >= 15 is 0 Å². The first-order valence-corrected chi connectivity index (χ1v) is 11.4. The first kappa shape index (κ1) is 20.4. The molecule has 3 aromatic rings. The normalized spacial score (nSPS) is 23.5. The number of hydrogen-bond donors (Lipinski definition) is 1. The van der Waals surface area contributed by atoms with Gasteiger partial charge in [-0.2, -0.15) is 0 Å². The second kappa shape index (κ2) is 7.42. The van der Waals surface area contributed by atoms with Gasteiger partial charge in [0.25, 0.3) is 5.91 Å². The Morgan fingerprint density at radius 2 is 2.06 bits per heavy atom. The molecule has 0 bridgehead atoms. The minimum Gasteiger partial charge on any atom is -0.503 e. The Balaban J connectivity index is 1.34. The predicted molar refractivity (Wildman–Crippen MR) is 113 cm³/mol. The molecule has 1 N–H and O–H groups in total. The third kappa shape index (κ3) is 3.17. The van der Waals surface area contributed by atoms with Crippen LogP contribution >= 0.6 is 11.3 Å². The number of ether oxygens (including phenoxy) is 1. The zero-order valence-electron chi connectivity index (χ0n) is 17.2. The van der Waals surface area contributed by atoms with Crippen molar-refractivity contribution in [1.82, 2.24) is 19.7 Å². The molecule has 2 fully saturated rings. The summed E-state index contributed by atoms with van der Waals surface area (Å²) in [6, 6.07) is 3.26. The molecule has 2 aromatic heterocycles. The molecule has 2 aliphatic heterocycles. The highest BCUT2D eigenvalue weighted by molar-refractivity contribution is 7.14. The lowest BCUT2D eigenvalue weighted by molar-refractivity contribution is -0.0177. The number of hydrogen-bond acceptors (Lipinski definition) is 7. The van der Waals surface area contributed by atoms with Crippen molar-refractivity contribution >= 4 is 17.2 Å². The summed E-state index contributed by atoms with van der Waals surface area (Å²) in [6.45, 7) is 0.293. The van der Waals surface area contributed by atoms with Crippen molar-refractivity contribution in [3.63, 3.8) is 0 Å². The molecule has 8 nitrogen and oxygen atoms in total. The van der Waals surface area contributed by atoms with E-state index < -0.39 is 34.9 Å². The van der Waals surface area contributed by atoms with E-state index in [2.05, 4.69) is 10.2 Å². The van der Waals surface area contributed by atoms with Gasteiger partial charge in [0.1, 0.15) is 16.6 Å². The highest BCUT2D eigenvalue weighted by Gasteiger charge is 2.50. The fraction of sp³-hybridized carbons (Fsp3) is 0.364. The van der Waals surface area contributed by atoms with Gasteiger partial charge >= 0.3 is 0 Å². The number of fused-ring (bicyclic) bond motifs is 4. The van der Waals surface area contributed by atoms with Crippen molar-refractivity contribution in [3.8, 4) is 16.3 Å². The van der Waals surface area contributed by atoms with Gasteiger partial charge in [0.2, 0.25) is 5.43 Å². The van der Waals surface area contributed by atoms with E-state index in [9.17, 15) is 23.5 Å². The topological polar surface area (TPSA) is 97.5 Å². The van der Waals surface area contributed by atoms with E-state index in [0.29, 0.717) is 11.6 Å². The van der Waals surface area contributed by atoms with Crippen LogP contribution in [0.15, 0.2) is 29.2 Å². The molecule has 170 valence electrons. The third-order valence-corrected chi connectivity index (χ3v) is 7.47. The summed E-state index contributed by atoms with van der Waals surface area (Å²) >= 11 is 1.07. The van der Waals surface area contributed by atoms with E-state index in [4.69, 9.17) is 4.74 Å². The molecule has 1 saturated heterocycles. The molecule has 0 spiro atoms. The molecular formula is C22H18F2N4O4S. The SMILES string of the molecule is O=C1c2c(O)c(=O)c(-c3nnc(Cc4ccc(F)cc4F)s3)cn2C[C@H]2O[C@@H]3CCC[C@@H]3N12. The second-order valence-corrected chi connectivity index (χ2v) is 9.54. The van der Waals surface area contributed by atoms with Crippen LogP contribution in [0, 0.1) is 11.6 Å². The van der Waals surface area contributed by atoms with Gasteiger partial charge < -0.3 is 19.3 Å². The van der Waals surface area contributed by atoms with Crippen LogP contribution in [0.1, 0.15) is 40.3 Å². The number of amides is 1. The Bertz CT molecular complexity index is 1360. The highest BCUT2D eigenvalue weighted by Crippen LogP contribution is 2.40. The summed E-state index contributed by atoms with van der Waals surface area (Å²) in [5.74, 6) is -2.40. The van der Waals surface area contributed by atoms with Crippen molar-refractivity contribution in [3.05, 3.63) is 62.5 Å². The fourth-order valence-corrected chi connectivity index (χ4v) is 5.87. The van der Waals surface area contributed by atoms with Gasteiger partial charge in [0, 0.05) is 18.7 Å². The van der Waals surface area contributed by atoms with Crippen molar-refractivity contribution in [2.75, 3.05) is 0 Å². The number of aromatic nitrogens is 3. The van der Waals surface area contributed by atoms with E-state index in [0.717, 1.165) is 42.7 Å². The molecule has 6 rings (SSSR count). The fourth-order valence-electron chi connectivity index (χ4n) is 5.00. The number of halogens is 2. The third-order valence-electron chi connectivity index (χ3n) is 6.52. The van der Waals surface area contributed by atoms with E-state index in [-0.39, 0.29) is 40.4 Å². The zero-order valence-corrected chi connectivity index (χ0v) is 18.0. The maximum Gasteiger partial charge on any atom is 0.276 e. The van der Waals surface area contributed by atoms with Gasteiger partial charge in [0.05, 0.1) is 24.3 Å². The Hall–Kier alpha value is -3.18. The molecule has 11 heteroatoms. The molecule has 0 unspecified atom stereocenters. The molecule has 4 heterocycles. The summed E-state index contributed by atoms with van der Waals surface area (Å²) in [5.41, 5.74) is -0.418. The zero-order chi connectivity index (χ0) is 22.9. The lowest BCUT2D eigenvalue weighted by Gasteiger charge is -2.34. The Labute approximate surface area is 190 Å². The van der Waals surface area contributed by atoms with Gasteiger partial charge in [-0.1, -0.05) is 17.4 Å². The molecule has 0 radical (unpaired) electrons. The number of carbonyl (C=O) groups is 1. The maximum atomic E-state index is 14.0. The molecule has 3 atom stereocenters. The van der Waals surface area contributed by atoms with Crippen LogP contribution in [-0.4, -0.2) is 49.1 Å². The Morgan fingerprint density at radius 3 is 2.88 bits per heavy atom. The molecule has 1 aliphatic carbocycles. The summed E-state index contributed by atoms with van der Waals surface area (Å²) < 4.78 is 34.7. The minimum atomic E-state index is -0.716. The first-order valence-electron chi connectivity index (χ1n) is 10.6. The molecule has 1 aromatic carbocycles. The summed E-state index contributed by atoms with van der Waals surface area (Å²) in [6.07, 6.45) is 3.82. The van der Waals surface area contributed by atoms with E-state index in [1.54, 1.807) is 4.90 Å². The molecule has 1 amide bonds. The van der Waals surface area contributed by atoms with Crippen LogP contribution in [0.2, 0.25) is 0 Å². The van der Waals surface area contributed by atoms with Crippen molar-refractivity contribution < 1.29 is 23.4 Å². The average molecular weight is 472 g/mol. The van der Waals surface area contributed by atoms with Crippen molar-refractivity contribution in [2.45, 2.75) is 50.6 Å².